The van der Waals surface area contributed by atoms with Crippen LogP contribution in [0.1, 0.15) is 0 Å². The van der Waals surface area contributed by atoms with E-state index in [-0.39, 0.29) is 0 Å². The quantitative estimate of drug-likeness (QED) is 0.175. The molecule has 0 atom stereocenters. The van der Waals surface area contributed by atoms with E-state index >= 15 is 0 Å². The van der Waals surface area contributed by atoms with Gasteiger partial charge in [-0.05, 0) is 102 Å². The molecule has 242 valence electrons. The first-order valence-electron chi connectivity index (χ1n) is 17.7. The molecule has 2 aromatic heterocycles. The maximum Gasteiger partial charge on any atom is 0.178 e. The summed E-state index contributed by atoms with van der Waals surface area (Å²) in [5.74, 6) is 0. The van der Waals surface area contributed by atoms with Crippen molar-refractivity contribution < 1.29 is 8.83 Å². The van der Waals surface area contributed by atoms with Crippen LogP contribution in [0.4, 0.5) is 0 Å². The van der Waals surface area contributed by atoms with E-state index < -0.39 is 0 Å². The van der Waals surface area contributed by atoms with Crippen molar-refractivity contribution in [1.82, 2.24) is 0 Å². The van der Waals surface area contributed by atoms with E-state index in [0.29, 0.717) is 0 Å². The molecule has 0 aliphatic carbocycles. The van der Waals surface area contributed by atoms with Gasteiger partial charge >= 0.3 is 0 Å². The van der Waals surface area contributed by atoms with E-state index in [1.54, 1.807) is 0 Å². The lowest BCUT2D eigenvalue weighted by Gasteiger charge is -2.18. The molecule has 0 aliphatic heterocycles. The van der Waals surface area contributed by atoms with Crippen molar-refractivity contribution in [2.24, 2.45) is 0 Å². The van der Waals surface area contributed by atoms with E-state index in [4.69, 9.17) is 8.83 Å². The van der Waals surface area contributed by atoms with Gasteiger partial charge in [-0.25, -0.2) is 0 Å². The number of fused-ring (bicyclic) bond motifs is 8. The Labute approximate surface area is 299 Å². The van der Waals surface area contributed by atoms with Gasteiger partial charge in [0.1, 0.15) is 5.58 Å². The number of hydrogen-bond donors (Lipinski definition) is 0. The van der Waals surface area contributed by atoms with Crippen molar-refractivity contribution in [1.29, 1.82) is 0 Å². The Balaban J connectivity index is 1.07. The normalized spacial score (nSPS) is 11.8. The lowest BCUT2D eigenvalue weighted by molar-refractivity contribution is 0.600. The summed E-state index contributed by atoms with van der Waals surface area (Å²) in [4.78, 5) is 0. The van der Waals surface area contributed by atoms with Crippen molar-refractivity contribution in [2.45, 2.75) is 0 Å². The minimum Gasteiger partial charge on any atom is -0.460 e. The third-order valence-electron chi connectivity index (χ3n) is 10.7. The molecule has 0 fully saturated rings. The molecule has 2 nitrogen and oxygen atoms in total. The molecule has 2 heteroatoms. The zero-order valence-electron chi connectivity index (χ0n) is 28.1. The predicted octanol–water partition coefficient (Wildman–Crippen LogP) is 14.5. The molecule has 11 aromatic rings. The van der Waals surface area contributed by atoms with Crippen LogP contribution in [0.2, 0.25) is 0 Å². The van der Waals surface area contributed by atoms with Gasteiger partial charge in [0.2, 0.25) is 0 Å². The van der Waals surface area contributed by atoms with Crippen LogP contribution < -0.4 is 0 Å². The predicted molar refractivity (Wildman–Crippen MR) is 218 cm³/mol. The summed E-state index contributed by atoms with van der Waals surface area (Å²) < 4.78 is 13.0. The standard InChI is InChI=1S/C50H30O2/c1-2-10-31(11-3-1)33-18-21-34(22-19-33)47-39-14-6-8-16-41(39)48(42-17-9-7-15-40(42)47)37-24-25-38-43-26-27-44-45(30-51-49(44)50(43)52-46(38)29-37)36-23-20-32-12-4-5-13-35(32)28-36/h1-30H. The molecule has 11 rings (SSSR count). The smallest absolute Gasteiger partial charge is 0.178 e. The molecule has 9 aromatic carbocycles. The lowest BCUT2D eigenvalue weighted by Crippen LogP contribution is -1.91. The Morgan fingerprint density at radius 3 is 1.58 bits per heavy atom. The molecule has 0 radical (unpaired) electrons. The maximum atomic E-state index is 6.72. The first kappa shape index (κ1) is 28.9. The van der Waals surface area contributed by atoms with Crippen LogP contribution in [0.25, 0.3) is 110 Å². The van der Waals surface area contributed by atoms with Crippen molar-refractivity contribution in [3.8, 4) is 44.5 Å². The third kappa shape index (κ3) is 4.38. The molecule has 0 spiro atoms. The van der Waals surface area contributed by atoms with Gasteiger partial charge in [0.05, 0.1) is 6.26 Å². The first-order chi connectivity index (χ1) is 25.8. The van der Waals surface area contributed by atoms with Crippen molar-refractivity contribution in [3.05, 3.63) is 182 Å². The SMILES string of the molecule is c1ccc(-c2ccc(-c3c4ccccc4c(-c4ccc5c(c4)oc4c5ccc5c(-c6ccc7ccccc7c6)coc54)c4ccccc34)cc2)cc1. The molecule has 0 N–H and O–H groups in total. The molecule has 0 saturated heterocycles. The van der Waals surface area contributed by atoms with Crippen LogP contribution in [0, 0.1) is 0 Å². The summed E-state index contributed by atoms with van der Waals surface area (Å²) in [5, 5.41) is 10.5. The van der Waals surface area contributed by atoms with E-state index in [1.165, 1.54) is 60.1 Å². The molecule has 0 aliphatic rings. The number of hydrogen-bond acceptors (Lipinski definition) is 2. The van der Waals surface area contributed by atoms with Crippen LogP contribution >= 0.6 is 0 Å². The van der Waals surface area contributed by atoms with Gasteiger partial charge in [-0.15, -0.1) is 0 Å². The molecule has 0 unspecified atom stereocenters. The van der Waals surface area contributed by atoms with Crippen molar-refractivity contribution >= 4 is 65.2 Å². The average Bonchev–Trinajstić information content (AvgIpc) is 3.82. The minimum absolute atomic E-state index is 0.775. The van der Waals surface area contributed by atoms with Gasteiger partial charge in [-0.3, -0.25) is 0 Å². The fourth-order valence-corrected chi connectivity index (χ4v) is 8.27. The Kier molecular flexibility index (Phi) is 6.28. The Hall–Kier alpha value is -6.90. The van der Waals surface area contributed by atoms with E-state index in [9.17, 15) is 0 Å². The highest BCUT2D eigenvalue weighted by atomic mass is 16.4. The van der Waals surface area contributed by atoms with Gasteiger partial charge in [-0.2, -0.15) is 0 Å². The van der Waals surface area contributed by atoms with Crippen LogP contribution in [0.15, 0.2) is 191 Å². The highest BCUT2D eigenvalue weighted by molar-refractivity contribution is 6.22. The summed E-state index contributed by atoms with van der Waals surface area (Å²) in [6, 6.07) is 63.2. The highest BCUT2D eigenvalue weighted by Gasteiger charge is 2.20. The van der Waals surface area contributed by atoms with Crippen LogP contribution in [-0.4, -0.2) is 0 Å². The summed E-state index contributed by atoms with van der Waals surface area (Å²) in [7, 11) is 0. The summed E-state index contributed by atoms with van der Waals surface area (Å²) in [6.45, 7) is 0. The second-order valence-corrected chi connectivity index (χ2v) is 13.6. The largest absolute Gasteiger partial charge is 0.460 e. The van der Waals surface area contributed by atoms with Gasteiger partial charge in [0.15, 0.2) is 11.2 Å². The van der Waals surface area contributed by atoms with Gasteiger partial charge in [-0.1, -0.05) is 146 Å². The zero-order chi connectivity index (χ0) is 34.2. The van der Waals surface area contributed by atoms with E-state index in [1.807, 2.05) is 6.26 Å². The second-order valence-electron chi connectivity index (χ2n) is 13.6. The maximum absolute atomic E-state index is 6.72. The Morgan fingerprint density at radius 2 is 0.846 bits per heavy atom. The third-order valence-corrected chi connectivity index (χ3v) is 10.7. The Morgan fingerprint density at radius 1 is 0.308 bits per heavy atom. The van der Waals surface area contributed by atoms with Crippen LogP contribution in [0.5, 0.6) is 0 Å². The summed E-state index contributed by atoms with van der Waals surface area (Å²) in [6.07, 6.45) is 1.86. The van der Waals surface area contributed by atoms with Gasteiger partial charge in [0.25, 0.3) is 0 Å². The first-order valence-corrected chi connectivity index (χ1v) is 17.7. The Bertz CT molecular complexity index is 3100. The molecule has 52 heavy (non-hydrogen) atoms. The number of furan rings is 2. The van der Waals surface area contributed by atoms with Gasteiger partial charge < -0.3 is 8.83 Å². The molecule has 2 heterocycles. The molecule has 0 bridgehead atoms. The molecular weight excluding hydrogens is 633 g/mol. The van der Waals surface area contributed by atoms with Crippen LogP contribution in [-0.2, 0) is 0 Å². The van der Waals surface area contributed by atoms with E-state index in [2.05, 4.69) is 176 Å². The number of rotatable bonds is 4. The summed E-state index contributed by atoms with van der Waals surface area (Å²) >= 11 is 0. The topological polar surface area (TPSA) is 26.3 Å². The zero-order valence-corrected chi connectivity index (χ0v) is 28.1. The van der Waals surface area contributed by atoms with Crippen molar-refractivity contribution in [2.75, 3.05) is 0 Å². The van der Waals surface area contributed by atoms with Gasteiger partial charge in [0, 0.05) is 21.7 Å². The molecule has 0 saturated carbocycles. The monoisotopic (exact) mass is 662 g/mol. The summed E-state index contributed by atoms with van der Waals surface area (Å²) in [5.41, 5.74) is 11.8. The van der Waals surface area contributed by atoms with Crippen molar-refractivity contribution in [3.63, 3.8) is 0 Å². The van der Waals surface area contributed by atoms with E-state index in [0.717, 1.165) is 49.6 Å². The minimum atomic E-state index is 0.775. The number of benzene rings is 9. The second kappa shape index (κ2) is 11.3. The highest BCUT2D eigenvalue weighted by Crippen LogP contribution is 2.46. The average molecular weight is 663 g/mol. The van der Waals surface area contributed by atoms with Crippen LogP contribution in [0.3, 0.4) is 0 Å². The molecular formula is C50H30O2. The lowest BCUT2D eigenvalue weighted by atomic mass is 9.85. The molecule has 0 amide bonds. The fourth-order valence-electron chi connectivity index (χ4n) is 8.27. The fraction of sp³-hybridized carbons (Fsp3) is 0.